The van der Waals surface area contributed by atoms with Crippen LogP contribution in [0.2, 0.25) is 0 Å². The van der Waals surface area contributed by atoms with Crippen molar-refractivity contribution in [1.82, 2.24) is 14.9 Å². The van der Waals surface area contributed by atoms with Crippen LogP contribution in [0.1, 0.15) is 28.2 Å². The van der Waals surface area contributed by atoms with E-state index in [-0.39, 0.29) is 17.4 Å². The zero-order valence-electron chi connectivity index (χ0n) is 15.3. The van der Waals surface area contributed by atoms with Gasteiger partial charge in [0.25, 0.3) is 0 Å². The quantitative estimate of drug-likeness (QED) is 0.718. The highest BCUT2D eigenvalue weighted by Crippen LogP contribution is 2.25. The van der Waals surface area contributed by atoms with E-state index in [4.69, 9.17) is 0 Å². The number of aromatic nitrogens is 2. The predicted octanol–water partition coefficient (Wildman–Crippen LogP) is 3.13. The van der Waals surface area contributed by atoms with Crippen LogP contribution >= 0.6 is 0 Å². The second-order valence-electron chi connectivity index (χ2n) is 6.99. The number of amides is 1. The van der Waals surface area contributed by atoms with Gasteiger partial charge in [-0.1, -0.05) is 36.4 Å². The number of fused-ring (bicyclic) bond motifs is 1. The van der Waals surface area contributed by atoms with Gasteiger partial charge in [-0.15, -0.1) is 0 Å². The van der Waals surface area contributed by atoms with Crippen molar-refractivity contribution in [3.05, 3.63) is 77.9 Å². The summed E-state index contributed by atoms with van der Waals surface area (Å²) in [5.74, 6) is 0.0501. The molecule has 1 aromatic heterocycles. The average molecular weight is 375 g/mol. The Morgan fingerprint density at radius 1 is 1.18 bits per heavy atom. The summed E-state index contributed by atoms with van der Waals surface area (Å²) in [5, 5.41) is 12.3. The van der Waals surface area contributed by atoms with Gasteiger partial charge < -0.3 is 15.0 Å². The first kappa shape index (κ1) is 18.0. The number of nitrogens with zero attached hydrogens (tertiary/aromatic N) is 2. The third-order valence-electron chi connectivity index (χ3n) is 5.20. The van der Waals surface area contributed by atoms with Gasteiger partial charge in [0, 0.05) is 31.9 Å². The van der Waals surface area contributed by atoms with Crippen LogP contribution in [0.4, 0.5) is 0 Å². The molecule has 0 radical (unpaired) electrons. The Morgan fingerprint density at radius 2 is 2.04 bits per heavy atom. The number of nitrogens with one attached hydrogen (secondary N) is 1. The molecule has 28 heavy (non-hydrogen) atoms. The van der Waals surface area contributed by atoms with E-state index >= 15 is 0 Å². The van der Waals surface area contributed by atoms with E-state index in [0.717, 1.165) is 35.4 Å². The summed E-state index contributed by atoms with van der Waals surface area (Å²) < 4.78 is 2.04. The van der Waals surface area contributed by atoms with Gasteiger partial charge in [0.2, 0.25) is 5.91 Å². The maximum Gasteiger partial charge on any atom is 0.335 e. The van der Waals surface area contributed by atoms with E-state index in [9.17, 15) is 14.7 Å². The van der Waals surface area contributed by atoms with Crippen molar-refractivity contribution in [3.8, 4) is 11.1 Å². The van der Waals surface area contributed by atoms with Gasteiger partial charge >= 0.3 is 5.97 Å². The van der Waals surface area contributed by atoms with Gasteiger partial charge in [0.05, 0.1) is 11.5 Å². The lowest BCUT2D eigenvalue weighted by Gasteiger charge is -2.23. The topological polar surface area (TPSA) is 84.2 Å². The second kappa shape index (κ2) is 7.68. The monoisotopic (exact) mass is 375 g/mol. The second-order valence-corrected chi connectivity index (χ2v) is 6.99. The first-order chi connectivity index (χ1) is 13.6. The summed E-state index contributed by atoms with van der Waals surface area (Å²) in [6.45, 7) is 1.06. The molecule has 1 amide bonds. The third kappa shape index (κ3) is 3.67. The molecule has 0 saturated carbocycles. The first-order valence-corrected chi connectivity index (χ1v) is 9.31. The normalized spacial score (nSPS) is 15.6. The fraction of sp³-hybridized carbons (Fsp3) is 0.227. The Balaban J connectivity index is 1.48. The molecule has 1 unspecified atom stereocenters. The number of aromatic carboxylic acids is 1. The maximum atomic E-state index is 12.7. The molecule has 3 aromatic rings. The largest absolute Gasteiger partial charge is 0.478 e. The summed E-state index contributed by atoms with van der Waals surface area (Å²) >= 11 is 0. The molecule has 0 bridgehead atoms. The number of carbonyl (C=O) groups is 2. The molecule has 6 heteroatoms. The summed E-state index contributed by atoms with van der Waals surface area (Å²) in [4.78, 5) is 28.2. The van der Waals surface area contributed by atoms with Crippen molar-refractivity contribution >= 4 is 11.9 Å². The number of aryl methyl sites for hydroxylation is 1. The Kier molecular flexibility index (Phi) is 4.93. The molecule has 1 aliphatic rings. The van der Waals surface area contributed by atoms with E-state index in [1.165, 1.54) is 0 Å². The Bertz CT molecular complexity index is 1030. The standard InChI is InChI=1S/C22H21N3O3/c26-21(18-8-9-20-23-10-11-25(20)14-18)24-13-17-4-1-2-7-19(17)15-5-3-6-16(12-15)22(27)28/h1-7,10-12,18H,8-9,13-14H2,(H,24,26)(H,27,28). The van der Waals surface area contributed by atoms with Crippen molar-refractivity contribution in [2.75, 3.05) is 0 Å². The van der Waals surface area contributed by atoms with Crippen molar-refractivity contribution in [3.63, 3.8) is 0 Å². The molecule has 2 heterocycles. The van der Waals surface area contributed by atoms with E-state index in [1.54, 1.807) is 24.4 Å². The first-order valence-electron chi connectivity index (χ1n) is 9.31. The van der Waals surface area contributed by atoms with E-state index in [0.29, 0.717) is 13.1 Å². The fourth-order valence-corrected chi connectivity index (χ4v) is 3.68. The Morgan fingerprint density at radius 3 is 2.89 bits per heavy atom. The number of benzene rings is 2. The number of hydrogen-bond acceptors (Lipinski definition) is 3. The van der Waals surface area contributed by atoms with Crippen LogP contribution in [0.25, 0.3) is 11.1 Å². The molecule has 6 nitrogen and oxygen atoms in total. The number of carboxylic acids is 1. The van der Waals surface area contributed by atoms with Crippen LogP contribution in [-0.2, 0) is 24.3 Å². The predicted molar refractivity (Wildman–Crippen MR) is 105 cm³/mol. The van der Waals surface area contributed by atoms with Crippen LogP contribution < -0.4 is 5.32 Å². The van der Waals surface area contributed by atoms with Gasteiger partial charge in [-0.05, 0) is 35.2 Å². The smallest absolute Gasteiger partial charge is 0.335 e. The highest BCUT2D eigenvalue weighted by Gasteiger charge is 2.24. The number of hydrogen-bond donors (Lipinski definition) is 2. The lowest BCUT2D eigenvalue weighted by Crippen LogP contribution is -2.35. The lowest BCUT2D eigenvalue weighted by atomic mass is 9.96. The van der Waals surface area contributed by atoms with Gasteiger partial charge in [-0.2, -0.15) is 0 Å². The molecular weight excluding hydrogens is 354 g/mol. The Labute approximate surface area is 162 Å². The molecule has 0 aliphatic carbocycles. The van der Waals surface area contributed by atoms with Crippen molar-refractivity contribution in [1.29, 1.82) is 0 Å². The Hall–Kier alpha value is -3.41. The molecule has 1 atom stereocenters. The van der Waals surface area contributed by atoms with Gasteiger partial charge in [-0.3, -0.25) is 4.79 Å². The summed E-state index contributed by atoms with van der Waals surface area (Å²) in [6, 6.07) is 14.6. The summed E-state index contributed by atoms with van der Waals surface area (Å²) in [7, 11) is 0. The van der Waals surface area contributed by atoms with Gasteiger partial charge in [-0.25, -0.2) is 9.78 Å². The molecule has 2 N–H and O–H groups in total. The van der Waals surface area contributed by atoms with Crippen LogP contribution in [0.5, 0.6) is 0 Å². The molecular formula is C22H21N3O3. The summed E-state index contributed by atoms with van der Waals surface area (Å²) in [5.41, 5.74) is 2.95. The van der Waals surface area contributed by atoms with Crippen LogP contribution in [-0.4, -0.2) is 26.5 Å². The zero-order valence-corrected chi connectivity index (χ0v) is 15.3. The minimum absolute atomic E-state index is 0.0356. The number of imidazole rings is 1. The minimum atomic E-state index is -0.955. The number of carboxylic acid groups (broad SMARTS) is 1. The lowest BCUT2D eigenvalue weighted by molar-refractivity contribution is -0.126. The van der Waals surface area contributed by atoms with E-state index < -0.39 is 5.97 Å². The van der Waals surface area contributed by atoms with E-state index in [1.807, 2.05) is 41.1 Å². The van der Waals surface area contributed by atoms with Crippen molar-refractivity contribution < 1.29 is 14.7 Å². The molecule has 0 saturated heterocycles. The highest BCUT2D eigenvalue weighted by molar-refractivity contribution is 5.89. The van der Waals surface area contributed by atoms with Crippen LogP contribution in [0, 0.1) is 5.92 Å². The molecule has 4 rings (SSSR count). The molecule has 1 aliphatic heterocycles. The number of rotatable bonds is 5. The highest BCUT2D eigenvalue weighted by atomic mass is 16.4. The molecule has 0 spiro atoms. The molecule has 142 valence electrons. The number of carbonyl (C=O) groups excluding carboxylic acids is 1. The van der Waals surface area contributed by atoms with Crippen molar-refractivity contribution in [2.24, 2.45) is 5.92 Å². The van der Waals surface area contributed by atoms with Gasteiger partial charge in [0.15, 0.2) is 0 Å². The SMILES string of the molecule is O=C(O)c1cccc(-c2ccccc2CNC(=O)C2CCc3nccn3C2)c1. The third-order valence-corrected chi connectivity index (χ3v) is 5.20. The average Bonchev–Trinajstić information content (AvgIpc) is 3.20. The minimum Gasteiger partial charge on any atom is -0.478 e. The zero-order chi connectivity index (χ0) is 19.5. The molecule has 0 fully saturated rings. The maximum absolute atomic E-state index is 12.7. The van der Waals surface area contributed by atoms with Crippen LogP contribution in [0.15, 0.2) is 60.9 Å². The van der Waals surface area contributed by atoms with Gasteiger partial charge in [0.1, 0.15) is 5.82 Å². The fourth-order valence-electron chi connectivity index (χ4n) is 3.68. The molecule has 2 aromatic carbocycles. The van der Waals surface area contributed by atoms with Crippen LogP contribution in [0.3, 0.4) is 0 Å². The van der Waals surface area contributed by atoms with Crippen molar-refractivity contribution in [2.45, 2.75) is 25.9 Å². The summed E-state index contributed by atoms with van der Waals surface area (Å²) in [6.07, 6.45) is 5.30. The van der Waals surface area contributed by atoms with E-state index in [2.05, 4.69) is 10.3 Å².